The van der Waals surface area contributed by atoms with E-state index in [1.165, 1.54) is 0 Å². The molecule has 0 bridgehead atoms. The van der Waals surface area contributed by atoms with Crippen LogP contribution in [0.3, 0.4) is 0 Å². The van der Waals surface area contributed by atoms with Crippen molar-refractivity contribution in [1.82, 2.24) is 5.32 Å². The van der Waals surface area contributed by atoms with Gasteiger partial charge in [-0.2, -0.15) is 13.2 Å². The van der Waals surface area contributed by atoms with Gasteiger partial charge in [0.1, 0.15) is 5.54 Å². The first-order valence-corrected chi connectivity index (χ1v) is 5.99. The van der Waals surface area contributed by atoms with Gasteiger partial charge in [-0.3, -0.25) is 5.32 Å². The SMILES string of the molecule is Nc1ccc(Br)c(CNC2(C(F)(F)F)CC2)c1. The molecule has 6 heteroatoms. The van der Waals surface area contributed by atoms with Crippen LogP contribution in [0.5, 0.6) is 0 Å². The van der Waals surface area contributed by atoms with Gasteiger partial charge in [-0.05, 0) is 36.6 Å². The molecule has 2 nitrogen and oxygen atoms in total. The van der Waals surface area contributed by atoms with Crippen molar-refractivity contribution in [3.05, 3.63) is 28.2 Å². The monoisotopic (exact) mass is 308 g/mol. The predicted octanol–water partition coefficient (Wildman–Crippen LogP) is 3.22. The second-order valence-corrected chi connectivity index (χ2v) is 5.14. The molecule has 0 aliphatic heterocycles. The van der Waals surface area contributed by atoms with Gasteiger partial charge >= 0.3 is 6.18 Å². The standard InChI is InChI=1S/C11H12BrF3N2/c12-9-2-1-8(16)5-7(9)6-17-10(3-4-10)11(13,14)15/h1-2,5,17H,3-4,6,16H2. The molecule has 0 amide bonds. The number of alkyl halides is 3. The van der Waals surface area contributed by atoms with Crippen LogP contribution in [0.25, 0.3) is 0 Å². The Balaban J connectivity index is 2.06. The molecule has 1 fully saturated rings. The van der Waals surface area contributed by atoms with E-state index in [1.807, 2.05) is 0 Å². The maximum Gasteiger partial charge on any atom is 0.406 e. The summed E-state index contributed by atoms with van der Waals surface area (Å²) in [6.07, 6.45) is -3.88. The predicted molar refractivity (Wildman–Crippen MR) is 63.4 cm³/mol. The number of nitrogens with one attached hydrogen (secondary N) is 1. The molecule has 1 aromatic carbocycles. The molecule has 1 aliphatic carbocycles. The van der Waals surface area contributed by atoms with Gasteiger partial charge in [0.2, 0.25) is 0 Å². The highest BCUT2D eigenvalue weighted by Gasteiger charge is 2.62. The van der Waals surface area contributed by atoms with Gasteiger partial charge in [0.05, 0.1) is 0 Å². The minimum absolute atomic E-state index is 0.149. The Labute approximate surface area is 106 Å². The Morgan fingerprint density at radius 3 is 2.53 bits per heavy atom. The lowest BCUT2D eigenvalue weighted by Crippen LogP contribution is -2.44. The third-order valence-corrected chi connectivity index (χ3v) is 3.75. The van der Waals surface area contributed by atoms with E-state index in [4.69, 9.17) is 5.73 Å². The third kappa shape index (κ3) is 2.57. The van der Waals surface area contributed by atoms with E-state index >= 15 is 0 Å². The topological polar surface area (TPSA) is 38.0 Å². The fraction of sp³-hybridized carbons (Fsp3) is 0.455. The van der Waals surface area contributed by atoms with Crippen LogP contribution in [0.2, 0.25) is 0 Å². The van der Waals surface area contributed by atoms with E-state index in [2.05, 4.69) is 21.2 Å². The van der Waals surface area contributed by atoms with E-state index in [0.717, 1.165) is 10.0 Å². The maximum atomic E-state index is 12.7. The first-order valence-electron chi connectivity index (χ1n) is 5.20. The van der Waals surface area contributed by atoms with Crippen LogP contribution >= 0.6 is 15.9 Å². The molecule has 1 saturated carbocycles. The molecule has 2 rings (SSSR count). The third-order valence-electron chi connectivity index (χ3n) is 2.98. The van der Waals surface area contributed by atoms with E-state index in [0.29, 0.717) is 5.69 Å². The van der Waals surface area contributed by atoms with Gasteiger partial charge in [0.15, 0.2) is 0 Å². The van der Waals surface area contributed by atoms with Crippen LogP contribution in [0.1, 0.15) is 18.4 Å². The van der Waals surface area contributed by atoms with Crippen LogP contribution < -0.4 is 11.1 Å². The molecule has 0 unspecified atom stereocenters. The molecule has 0 saturated heterocycles. The molecule has 1 aliphatic rings. The number of halogens is 4. The minimum atomic E-state index is -4.18. The highest BCUT2D eigenvalue weighted by atomic mass is 79.9. The van der Waals surface area contributed by atoms with Crippen LogP contribution in [0, 0.1) is 0 Å². The van der Waals surface area contributed by atoms with Crippen molar-refractivity contribution in [2.24, 2.45) is 0 Å². The van der Waals surface area contributed by atoms with Gasteiger partial charge < -0.3 is 5.73 Å². The Morgan fingerprint density at radius 2 is 2.00 bits per heavy atom. The van der Waals surface area contributed by atoms with Gasteiger partial charge in [0, 0.05) is 16.7 Å². The number of rotatable bonds is 3. The average Bonchev–Trinajstić information content (AvgIpc) is 2.99. The van der Waals surface area contributed by atoms with Crippen LogP contribution in [0.4, 0.5) is 18.9 Å². The maximum absolute atomic E-state index is 12.7. The lowest BCUT2D eigenvalue weighted by atomic mass is 10.1. The largest absolute Gasteiger partial charge is 0.406 e. The van der Waals surface area contributed by atoms with E-state index in [1.54, 1.807) is 18.2 Å². The van der Waals surface area contributed by atoms with Gasteiger partial charge in [-0.15, -0.1) is 0 Å². The zero-order valence-electron chi connectivity index (χ0n) is 8.94. The van der Waals surface area contributed by atoms with Crippen molar-refractivity contribution in [3.63, 3.8) is 0 Å². The van der Waals surface area contributed by atoms with E-state index in [-0.39, 0.29) is 19.4 Å². The fourth-order valence-corrected chi connectivity index (χ4v) is 2.07. The first-order chi connectivity index (χ1) is 7.84. The highest BCUT2D eigenvalue weighted by molar-refractivity contribution is 9.10. The van der Waals surface area contributed by atoms with E-state index in [9.17, 15) is 13.2 Å². The van der Waals surface area contributed by atoms with Crippen LogP contribution in [-0.2, 0) is 6.54 Å². The van der Waals surface area contributed by atoms with Crippen molar-refractivity contribution >= 4 is 21.6 Å². The van der Waals surface area contributed by atoms with E-state index < -0.39 is 11.7 Å². The zero-order valence-corrected chi connectivity index (χ0v) is 10.5. The van der Waals surface area contributed by atoms with Crippen molar-refractivity contribution in [2.75, 3.05) is 5.73 Å². The number of benzene rings is 1. The molecule has 0 heterocycles. The highest BCUT2D eigenvalue weighted by Crippen LogP contribution is 2.49. The van der Waals surface area contributed by atoms with Crippen molar-refractivity contribution in [3.8, 4) is 0 Å². The number of nitrogens with two attached hydrogens (primary N) is 1. The summed E-state index contributed by atoms with van der Waals surface area (Å²) in [5, 5.41) is 2.58. The summed E-state index contributed by atoms with van der Waals surface area (Å²) >= 11 is 3.29. The molecule has 17 heavy (non-hydrogen) atoms. The molecule has 0 spiro atoms. The number of anilines is 1. The molecule has 0 radical (unpaired) electrons. The number of hydrogen-bond donors (Lipinski definition) is 2. The second-order valence-electron chi connectivity index (χ2n) is 4.28. The summed E-state index contributed by atoms with van der Waals surface area (Å²) in [7, 11) is 0. The van der Waals surface area contributed by atoms with Crippen LogP contribution in [-0.4, -0.2) is 11.7 Å². The first kappa shape index (κ1) is 12.7. The molecule has 0 atom stereocenters. The number of nitrogen functional groups attached to an aromatic ring is 1. The summed E-state index contributed by atoms with van der Waals surface area (Å²) in [4.78, 5) is 0. The lowest BCUT2D eigenvalue weighted by molar-refractivity contribution is -0.166. The fourth-order valence-electron chi connectivity index (χ4n) is 1.68. The molecular weight excluding hydrogens is 297 g/mol. The normalized spacial score (nSPS) is 18.1. The Kier molecular flexibility index (Phi) is 3.12. The smallest absolute Gasteiger partial charge is 0.399 e. The quantitative estimate of drug-likeness (QED) is 0.842. The molecular formula is C11H12BrF3N2. The minimum Gasteiger partial charge on any atom is -0.399 e. The Morgan fingerprint density at radius 1 is 1.35 bits per heavy atom. The average molecular weight is 309 g/mol. The van der Waals surface area contributed by atoms with Gasteiger partial charge in [0.25, 0.3) is 0 Å². The lowest BCUT2D eigenvalue weighted by Gasteiger charge is -2.21. The van der Waals surface area contributed by atoms with Gasteiger partial charge in [-0.1, -0.05) is 15.9 Å². The van der Waals surface area contributed by atoms with Crippen LogP contribution in [0.15, 0.2) is 22.7 Å². The van der Waals surface area contributed by atoms with Gasteiger partial charge in [-0.25, -0.2) is 0 Å². The summed E-state index contributed by atoms with van der Waals surface area (Å²) < 4.78 is 38.8. The molecule has 94 valence electrons. The van der Waals surface area contributed by atoms with Crippen molar-refractivity contribution in [1.29, 1.82) is 0 Å². The molecule has 0 aromatic heterocycles. The zero-order chi connectivity index (χ0) is 12.7. The summed E-state index contributed by atoms with van der Waals surface area (Å²) in [5.74, 6) is 0. The summed E-state index contributed by atoms with van der Waals surface area (Å²) in [5.41, 5.74) is 5.19. The number of hydrogen-bond acceptors (Lipinski definition) is 2. The van der Waals surface area contributed by atoms with Crippen molar-refractivity contribution < 1.29 is 13.2 Å². The van der Waals surface area contributed by atoms with Crippen molar-refractivity contribution in [2.45, 2.75) is 31.1 Å². The Bertz CT molecular complexity index is 427. The second kappa shape index (κ2) is 4.17. The summed E-state index contributed by atoms with van der Waals surface area (Å²) in [6, 6.07) is 5.10. The summed E-state index contributed by atoms with van der Waals surface area (Å²) in [6.45, 7) is 0.158. The molecule has 3 N–H and O–H groups in total. The Hall–Kier alpha value is -0.750. The molecule has 1 aromatic rings.